The van der Waals surface area contributed by atoms with Gasteiger partial charge in [0.2, 0.25) is 5.91 Å². The molecule has 0 fully saturated rings. The van der Waals surface area contributed by atoms with E-state index < -0.39 is 0 Å². The normalized spacial score (nSPS) is 11.9. The third-order valence-electron chi connectivity index (χ3n) is 3.27. The second-order valence-electron chi connectivity index (χ2n) is 5.00. The lowest BCUT2D eigenvalue weighted by Gasteiger charge is -2.16. The van der Waals surface area contributed by atoms with Gasteiger partial charge in [-0.25, -0.2) is 0 Å². The molecule has 0 aliphatic heterocycles. The number of nitrogens with one attached hydrogen (secondary N) is 1. The number of hydrogen-bond donors (Lipinski definition) is 2. The van der Waals surface area contributed by atoms with Gasteiger partial charge in [-0.05, 0) is 30.0 Å². The minimum Gasteiger partial charge on any atom is -0.394 e. The maximum Gasteiger partial charge on any atom is 0.220 e. The van der Waals surface area contributed by atoms with Crippen molar-refractivity contribution in [3.8, 4) is 0 Å². The van der Waals surface area contributed by atoms with Crippen molar-refractivity contribution in [3.05, 3.63) is 66.0 Å². The lowest BCUT2D eigenvalue weighted by Crippen LogP contribution is -2.39. The van der Waals surface area contributed by atoms with Crippen molar-refractivity contribution in [1.82, 2.24) is 10.3 Å². The van der Waals surface area contributed by atoms with E-state index in [-0.39, 0.29) is 18.6 Å². The average Bonchev–Trinajstić information content (AvgIpc) is 2.54. The number of nitrogens with zero attached hydrogens (tertiary/aromatic N) is 1. The van der Waals surface area contributed by atoms with Gasteiger partial charge in [0.15, 0.2) is 0 Å². The van der Waals surface area contributed by atoms with E-state index in [1.807, 2.05) is 42.5 Å². The molecular formula is C17H20N2O2. The Morgan fingerprint density at radius 3 is 2.57 bits per heavy atom. The molecule has 0 bridgehead atoms. The maximum absolute atomic E-state index is 11.9. The van der Waals surface area contributed by atoms with Gasteiger partial charge in [0.1, 0.15) is 0 Å². The molecule has 1 heterocycles. The molecule has 110 valence electrons. The van der Waals surface area contributed by atoms with Gasteiger partial charge in [-0.1, -0.05) is 36.4 Å². The number of hydrogen-bond acceptors (Lipinski definition) is 3. The SMILES string of the molecule is O=C(CCc1cccnc1)N[C@H](CO)Cc1ccccc1. The summed E-state index contributed by atoms with van der Waals surface area (Å²) in [7, 11) is 0. The molecule has 0 radical (unpaired) electrons. The van der Waals surface area contributed by atoms with Gasteiger partial charge in [-0.15, -0.1) is 0 Å². The van der Waals surface area contributed by atoms with Crippen LogP contribution in [0.1, 0.15) is 17.5 Å². The monoisotopic (exact) mass is 284 g/mol. The summed E-state index contributed by atoms with van der Waals surface area (Å²) in [5.41, 5.74) is 2.14. The van der Waals surface area contributed by atoms with E-state index >= 15 is 0 Å². The fraction of sp³-hybridized carbons (Fsp3) is 0.294. The summed E-state index contributed by atoms with van der Waals surface area (Å²) in [4.78, 5) is 16.0. The minimum atomic E-state index is -0.242. The number of aryl methyl sites for hydroxylation is 1. The number of rotatable bonds is 7. The predicted molar refractivity (Wildman–Crippen MR) is 81.7 cm³/mol. The van der Waals surface area contributed by atoms with Crippen molar-refractivity contribution in [3.63, 3.8) is 0 Å². The van der Waals surface area contributed by atoms with E-state index in [1.165, 1.54) is 0 Å². The van der Waals surface area contributed by atoms with Crippen LogP contribution in [0.3, 0.4) is 0 Å². The lowest BCUT2D eigenvalue weighted by molar-refractivity contribution is -0.122. The smallest absolute Gasteiger partial charge is 0.220 e. The van der Waals surface area contributed by atoms with Gasteiger partial charge in [-0.2, -0.15) is 0 Å². The van der Waals surface area contributed by atoms with Crippen LogP contribution in [-0.2, 0) is 17.6 Å². The molecule has 4 heteroatoms. The number of benzene rings is 1. The molecule has 2 aromatic rings. The highest BCUT2D eigenvalue weighted by Gasteiger charge is 2.12. The quantitative estimate of drug-likeness (QED) is 0.814. The summed E-state index contributed by atoms with van der Waals surface area (Å²) in [5.74, 6) is -0.0474. The van der Waals surface area contributed by atoms with Crippen molar-refractivity contribution >= 4 is 5.91 Å². The summed E-state index contributed by atoms with van der Waals surface area (Å²) >= 11 is 0. The van der Waals surface area contributed by atoms with Crippen LogP contribution in [0.2, 0.25) is 0 Å². The fourth-order valence-electron chi connectivity index (χ4n) is 2.16. The topological polar surface area (TPSA) is 62.2 Å². The highest BCUT2D eigenvalue weighted by molar-refractivity contribution is 5.76. The van der Waals surface area contributed by atoms with Gasteiger partial charge in [-0.3, -0.25) is 9.78 Å². The largest absolute Gasteiger partial charge is 0.394 e. The second-order valence-corrected chi connectivity index (χ2v) is 5.00. The molecule has 0 saturated heterocycles. The Hall–Kier alpha value is -2.20. The summed E-state index contributed by atoms with van der Waals surface area (Å²) < 4.78 is 0. The number of amides is 1. The Morgan fingerprint density at radius 2 is 1.90 bits per heavy atom. The molecule has 0 aliphatic rings. The molecule has 2 N–H and O–H groups in total. The van der Waals surface area contributed by atoms with E-state index in [1.54, 1.807) is 12.4 Å². The standard InChI is InChI=1S/C17H20N2O2/c20-13-16(11-14-5-2-1-3-6-14)19-17(21)9-8-15-7-4-10-18-12-15/h1-7,10,12,16,20H,8-9,11,13H2,(H,19,21)/t16-/m0/s1. The van der Waals surface area contributed by atoms with Crippen molar-refractivity contribution in [2.45, 2.75) is 25.3 Å². The molecule has 2 rings (SSSR count). The van der Waals surface area contributed by atoms with Gasteiger partial charge < -0.3 is 10.4 Å². The molecule has 21 heavy (non-hydrogen) atoms. The minimum absolute atomic E-state index is 0.0474. The predicted octanol–water partition coefficient (Wildman–Crippen LogP) is 1.73. The summed E-state index contributed by atoms with van der Waals surface area (Å²) in [5, 5.41) is 12.3. The Kier molecular flexibility index (Phi) is 5.91. The molecule has 0 aliphatic carbocycles. The van der Waals surface area contributed by atoms with Crippen LogP contribution < -0.4 is 5.32 Å². The van der Waals surface area contributed by atoms with Crippen molar-refractivity contribution in [2.24, 2.45) is 0 Å². The third-order valence-corrected chi connectivity index (χ3v) is 3.27. The van der Waals surface area contributed by atoms with E-state index in [9.17, 15) is 9.90 Å². The third kappa shape index (κ3) is 5.36. The second kappa shape index (κ2) is 8.17. The highest BCUT2D eigenvalue weighted by Crippen LogP contribution is 2.04. The molecule has 4 nitrogen and oxygen atoms in total. The first-order chi connectivity index (χ1) is 10.3. The van der Waals surface area contributed by atoms with Crippen LogP contribution in [-0.4, -0.2) is 28.6 Å². The summed E-state index contributed by atoms with van der Waals surface area (Å²) in [6.07, 6.45) is 5.17. The van der Waals surface area contributed by atoms with Crippen LogP contribution in [0.15, 0.2) is 54.9 Å². The zero-order valence-electron chi connectivity index (χ0n) is 11.9. The maximum atomic E-state index is 11.9. The highest BCUT2D eigenvalue weighted by atomic mass is 16.3. The van der Waals surface area contributed by atoms with Crippen LogP contribution in [0, 0.1) is 0 Å². The number of pyridine rings is 1. The van der Waals surface area contributed by atoms with Crippen molar-refractivity contribution in [2.75, 3.05) is 6.61 Å². The van der Waals surface area contributed by atoms with Crippen molar-refractivity contribution in [1.29, 1.82) is 0 Å². The summed E-state index contributed by atoms with van der Waals surface area (Å²) in [6, 6.07) is 13.4. The number of carbonyl (C=O) groups is 1. The number of aromatic nitrogens is 1. The van der Waals surface area contributed by atoms with Crippen molar-refractivity contribution < 1.29 is 9.90 Å². The van der Waals surface area contributed by atoms with Crippen LogP contribution in [0.5, 0.6) is 0 Å². The summed E-state index contributed by atoms with van der Waals surface area (Å²) in [6.45, 7) is -0.0620. The average molecular weight is 284 g/mol. The first-order valence-corrected chi connectivity index (χ1v) is 7.11. The van der Waals surface area contributed by atoms with Gasteiger partial charge in [0, 0.05) is 18.8 Å². The van der Waals surface area contributed by atoms with Crippen LogP contribution in [0.4, 0.5) is 0 Å². The van der Waals surface area contributed by atoms with Gasteiger partial charge in [0.05, 0.1) is 12.6 Å². The Morgan fingerprint density at radius 1 is 1.14 bits per heavy atom. The molecule has 0 saturated carbocycles. The molecular weight excluding hydrogens is 264 g/mol. The zero-order chi connectivity index (χ0) is 14.9. The van der Waals surface area contributed by atoms with Crippen LogP contribution in [0.25, 0.3) is 0 Å². The molecule has 1 atom stereocenters. The molecule has 0 unspecified atom stereocenters. The van der Waals surface area contributed by atoms with E-state index in [2.05, 4.69) is 10.3 Å². The van der Waals surface area contributed by atoms with Crippen LogP contribution >= 0.6 is 0 Å². The first-order valence-electron chi connectivity index (χ1n) is 7.11. The lowest BCUT2D eigenvalue weighted by atomic mass is 10.1. The molecule has 1 amide bonds. The number of aliphatic hydroxyl groups excluding tert-OH is 1. The fourth-order valence-corrected chi connectivity index (χ4v) is 2.16. The number of carbonyl (C=O) groups excluding carboxylic acids is 1. The molecule has 1 aromatic carbocycles. The Balaban J connectivity index is 1.80. The van der Waals surface area contributed by atoms with E-state index in [0.717, 1.165) is 11.1 Å². The van der Waals surface area contributed by atoms with Gasteiger partial charge >= 0.3 is 0 Å². The zero-order valence-corrected chi connectivity index (χ0v) is 11.9. The molecule has 0 spiro atoms. The Labute approximate surface area is 124 Å². The van der Waals surface area contributed by atoms with E-state index in [0.29, 0.717) is 19.3 Å². The Bertz CT molecular complexity index is 543. The number of aliphatic hydroxyl groups is 1. The van der Waals surface area contributed by atoms with E-state index in [4.69, 9.17) is 0 Å². The molecule has 1 aromatic heterocycles. The van der Waals surface area contributed by atoms with Gasteiger partial charge in [0.25, 0.3) is 0 Å². The first kappa shape index (κ1) is 15.2.